The molecule has 0 radical (unpaired) electrons. The summed E-state index contributed by atoms with van der Waals surface area (Å²) >= 11 is 0. The zero-order valence-corrected chi connectivity index (χ0v) is 13.9. The van der Waals surface area contributed by atoms with E-state index in [1.165, 1.54) is 32.9 Å². The number of sulfonamides is 1. The second-order valence-electron chi connectivity index (χ2n) is 6.12. The number of non-ortho nitro benzene ring substituents is 1. The predicted molar refractivity (Wildman–Crippen MR) is 81.7 cm³/mol. The smallest absolute Gasteiger partial charge is 0.310 e. The molecule has 126 valence electrons. The topological polar surface area (TPSA) is 118 Å². The van der Waals surface area contributed by atoms with Crippen LogP contribution in [-0.2, 0) is 14.8 Å². The quantitative estimate of drug-likeness (QED) is 0.657. The summed E-state index contributed by atoms with van der Waals surface area (Å²) in [4.78, 5) is 21.6. The molecule has 8 nitrogen and oxygen atoms in total. The summed E-state index contributed by atoms with van der Waals surface area (Å²) in [6.45, 7) is 4.51. The van der Waals surface area contributed by atoms with Crippen molar-refractivity contribution in [3.05, 3.63) is 33.4 Å². The van der Waals surface area contributed by atoms with Crippen LogP contribution < -0.4 is 0 Å². The summed E-state index contributed by atoms with van der Waals surface area (Å²) in [6, 6.07) is 2.43. The summed E-state index contributed by atoms with van der Waals surface area (Å²) < 4.78 is 26.8. The molecule has 1 heterocycles. The lowest BCUT2D eigenvalue weighted by molar-refractivity contribution is -0.385. The highest BCUT2D eigenvalue weighted by Crippen LogP contribution is 2.36. The van der Waals surface area contributed by atoms with Crippen LogP contribution in [0.2, 0.25) is 0 Å². The fourth-order valence-corrected chi connectivity index (χ4v) is 4.84. The molecule has 1 saturated heterocycles. The Bertz CT molecular complexity index is 765. The van der Waals surface area contributed by atoms with E-state index in [1.807, 2.05) is 0 Å². The minimum Gasteiger partial charge on any atom is -0.481 e. The number of nitro groups is 1. The first-order valence-electron chi connectivity index (χ1n) is 6.98. The van der Waals surface area contributed by atoms with Gasteiger partial charge in [-0.3, -0.25) is 14.9 Å². The molecule has 1 aliphatic heterocycles. The molecule has 0 spiro atoms. The monoisotopic (exact) mass is 342 g/mol. The molecule has 1 N–H and O–H groups in total. The number of carboxylic acid groups (broad SMARTS) is 1. The largest absolute Gasteiger partial charge is 0.481 e. The van der Waals surface area contributed by atoms with Crippen molar-refractivity contribution in [3.8, 4) is 0 Å². The lowest BCUT2D eigenvalue weighted by atomic mass is 9.90. The lowest BCUT2D eigenvalue weighted by Gasteiger charge is -2.21. The van der Waals surface area contributed by atoms with Crippen molar-refractivity contribution >= 4 is 21.7 Å². The summed E-state index contributed by atoms with van der Waals surface area (Å²) in [5, 5.41) is 20.1. The van der Waals surface area contributed by atoms with E-state index < -0.39 is 26.3 Å². The van der Waals surface area contributed by atoms with Gasteiger partial charge in [-0.1, -0.05) is 0 Å². The van der Waals surface area contributed by atoms with Gasteiger partial charge in [-0.15, -0.1) is 0 Å². The van der Waals surface area contributed by atoms with E-state index in [0.717, 1.165) is 4.31 Å². The number of nitrogens with zero attached hydrogens (tertiary/aromatic N) is 2. The molecular formula is C14H18N2O6S. The second-order valence-corrected chi connectivity index (χ2v) is 7.99. The van der Waals surface area contributed by atoms with Gasteiger partial charge in [0, 0.05) is 25.2 Å². The fraction of sp³-hybridized carbons (Fsp3) is 0.500. The van der Waals surface area contributed by atoms with Gasteiger partial charge >= 0.3 is 5.97 Å². The fourth-order valence-electron chi connectivity index (χ4n) is 2.87. The molecule has 0 amide bonds. The number of rotatable bonds is 4. The molecule has 1 aromatic rings. The Balaban J connectivity index is 2.46. The zero-order chi connectivity index (χ0) is 17.6. The highest BCUT2D eigenvalue weighted by atomic mass is 32.2. The van der Waals surface area contributed by atoms with Gasteiger partial charge in [-0.25, -0.2) is 8.42 Å². The van der Waals surface area contributed by atoms with Crippen molar-refractivity contribution in [2.75, 3.05) is 13.1 Å². The molecule has 1 aromatic carbocycles. The van der Waals surface area contributed by atoms with Gasteiger partial charge in [-0.2, -0.15) is 4.31 Å². The molecule has 1 unspecified atom stereocenters. The molecule has 0 aliphatic carbocycles. The first kappa shape index (κ1) is 17.4. The Kier molecular flexibility index (Phi) is 4.20. The van der Waals surface area contributed by atoms with Gasteiger partial charge in [0.15, 0.2) is 0 Å². The van der Waals surface area contributed by atoms with Crippen LogP contribution in [0.1, 0.15) is 24.5 Å². The van der Waals surface area contributed by atoms with Crippen molar-refractivity contribution < 1.29 is 23.2 Å². The molecule has 23 heavy (non-hydrogen) atoms. The van der Waals surface area contributed by atoms with Crippen molar-refractivity contribution in [2.45, 2.75) is 32.1 Å². The number of hydrogen-bond acceptors (Lipinski definition) is 5. The summed E-state index contributed by atoms with van der Waals surface area (Å²) in [7, 11) is -3.90. The number of hydrogen-bond donors (Lipinski definition) is 1. The minimum absolute atomic E-state index is 0.0118. The normalized spacial score (nSPS) is 22.2. The number of carbonyl (C=O) groups is 1. The minimum atomic E-state index is -3.90. The number of aryl methyl sites for hydroxylation is 2. The number of benzene rings is 1. The van der Waals surface area contributed by atoms with E-state index in [9.17, 15) is 28.4 Å². The average molecular weight is 342 g/mol. The van der Waals surface area contributed by atoms with Crippen LogP contribution in [0.15, 0.2) is 17.0 Å². The Morgan fingerprint density at radius 3 is 2.26 bits per heavy atom. The van der Waals surface area contributed by atoms with Gasteiger partial charge < -0.3 is 5.11 Å². The maximum atomic E-state index is 12.8. The third-order valence-electron chi connectivity index (χ3n) is 4.21. The first-order chi connectivity index (χ1) is 10.5. The van der Waals surface area contributed by atoms with Crippen molar-refractivity contribution in [2.24, 2.45) is 5.41 Å². The number of carboxylic acids is 1. The van der Waals surface area contributed by atoms with Crippen LogP contribution >= 0.6 is 0 Å². The second kappa shape index (κ2) is 5.57. The van der Waals surface area contributed by atoms with Gasteiger partial charge in [0.1, 0.15) is 0 Å². The van der Waals surface area contributed by atoms with Gasteiger partial charge in [0.25, 0.3) is 5.69 Å². The van der Waals surface area contributed by atoms with Crippen LogP contribution in [0, 0.1) is 29.4 Å². The van der Waals surface area contributed by atoms with Crippen LogP contribution in [0.3, 0.4) is 0 Å². The van der Waals surface area contributed by atoms with Crippen molar-refractivity contribution in [3.63, 3.8) is 0 Å². The van der Waals surface area contributed by atoms with E-state index in [2.05, 4.69) is 0 Å². The molecular weight excluding hydrogens is 324 g/mol. The molecule has 0 saturated carbocycles. The van der Waals surface area contributed by atoms with E-state index in [1.54, 1.807) is 0 Å². The average Bonchev–Trinajstić information content (AvgIpc) is 2.82. The van der Waals surface area contributed by atoms with E-state index in [4.69, 9.17) is 0 Å². The molecule has 1 fully saturated rings. The first-order valence-corrected chi connectivity index (χ1v) is 8.42. The maximum Gasteiger partial charge on any atom is 0.310 e. The van der Waals surface area contributed by atoms with Crippen LogP contribution in [0.25, 0.3) is 0 Å². The Morgan fingerprint density at radius 1 is 1.35 bits per heavy atom. The molecule has 0 aromatic heterocycles. The Labute approximate surface area is 133 Å². The summed E-state index contributed by atoms with van der Waals surface area (Å²) in [5.74, 6) is -1.03. The zero-order valence-electron chi connectivity index (χ0n) is 13.1. The van der Waals surface area contributed by atoms with E-state index in [0.29, 0.717) is 0 Å². The van der Waals surface area contributed by atoms with E-state index >= 15 is 0 Å². The molecule has 2 rings (SSSR count). The third kappa shape index (κ3) is 2.93. The molecule has 1 atom stereocenters. The molecule has 0 bridgehead atoms. The summed E-state index contributed by atoms with van der Waals surface area (Å²) in [5.41, 5.74) is -0.729. The van der Waals surface area contributed by atoms with Crippen LogP contribution in [-0.4, -0.2) is 41.8 Å². The maximum absolute atomic E-state index is 12.8. The van der Waals surface area contributed by atoms with Crippen molar-refractivity contribution in [1.29, 1.82) is 0 Å². The Hall–Kier alpha value is -2.00. The highest BCUT2D eigenvalue weighted by molar-refractivity contribution is 7.89. The Morgan fingerprint density at radius 2 is 1.87 bits per heavy atom. The number of aliphatic carboxylic acids is 1. The van der Waals surface area contributed by atoms with Crippen LogP contribution in [0.5, 0.6) is 0 Å². The van der Waals surface area contributed by atoms with E-state index in [-0.39, 0.29) is 41.2 Å². The lowest BCUT2D eigenvalue weighted by Crippen LogP contribution is -2.35. The van der Waals surface area contributed by atoms with Gasteiger partial charge in [0.2, 0.25) is 10.0 Å². The standard InChI is InChI=1S/C14H18N2O6S/c1-9-6-11(16(19)20)7-10(2)12(9)23(21,22)15-5-4-14(3,8-15)13(17)18/h6-7H,4-5,8H2,1-3H3,(H,17,18). The predicted octanol–water partition coefficient (Wildman–Crippen LogP) is 1.70. The van der Waals surface area contributed by atoms with Crippen molar-refractivity contribution in [1.82, 2.24) is 4.31 Å². The SMILES string of the molecule is Cc1cc([N+](=O)[O-])cc(C)c1S(=O)(=O)N1CCC(C)(C(=O)O)C1. The molecule has 9 heteroatoms. The molecule has 1 aliphatic rings. The van der Waals surface area contributed by atoms with Gasteiger partial charge in [0.05, 0.1) is 15.2 Å². The highest BCUT2D eigenvalue weighted by Gasteiger charge is 2.45. The summed E-state index contributed by atoms with van der Waals surface area (Å²) in [6.07, 6.45) is 0.229. The van der Waals surface area contributed by atoms with Gasteiger partial charge in [-0.05, 0) is 38.3 Å². The number of nitro benzene ring substituents is 1. The third-order valence-corrected chi connectivity index (χ3v) is 6.36. The van der Waals surface area contributed by atoms with Crippen LogP contribution in [0.4, 0.5) is 5.69 Å².